The fourth-order valence-electron chi connectivity index (χ4n) is 3.44. The van der Waals surface area contributed by atoms with Gasteiger partial charge >= 0.3 is 0 Å². The molecule has 0 spiro atoms. The zero-order valence-electron chi connectivity index (χ0n) is 12.9. The normalized spacial score (nSPS) is 20.8. The third-order valence-corrected chi connectivity index (χ3v) is 10.3. The molecule has 1 aliphatic heterocycles. The molecule has 106 valence electrons. The highest BCUT2D eigenvalue weighted by Gasteiger charge is 2.45. The summed E-state index contributed by atoms with van der Waals surface area (Å²) in [5.41, 5.74) is 1.95. The van der Waals surface area contributed by atoms with Crippen molar-refractivity contribution in [1.82, 2.24) is 0 Å². The van der Waals surface area contributed by atoms with Gasteiger partial charge in [0.05, 0.1) is 12.9 Å². The molecular formula is C15H30O2Si. The van der Waals surface area contributed by atoms with Crippen LogP contribution in [0.15, 0.2) is 12.3 Å². The van der Waals surface area contributed by atoms with E-state index in [4.69, 9.17) is 9.16 Å². The van der Waals surface area contributed by atoms with Crippen LogP contribution in [0.5, 0.6) is 0 Å². The monoisotopic (exact) mass is 270 g/mol. The van der Waals surface area contributed by atoms with Crippen molar-refractivity contribution in [2.45, 2.75) is 77.1 Å². The number of hydrogen-bond acceptors (Lipinski definition) is 2. The van der Waals surface area contributed by atoms with E-state index in [-0.39, 0.29) is 6.10 Å². The summed E-state index contributed by atoms with van der Waals surface area (Å²) in [4.78, 5) is 0. The second-order valence-electron chi connectivity index (χ2n) is 6.34. The summed E-state index contributed by atoms with van der Waals surface area (Å²) in [5.74, 6) is 0. The Kier molecular flexibility index (Phi) is 5.92. The van der Waals surface area contributed by atoms with Crippen molar-refractivity contribution in [3.05, 3.63) is 12.3 Å². The van der Waals surface area contributed by atoms with Gasteiger partial charge in [0.1, 0.15) is 6.10 Å². The van der Waals surface area contributed by atoms with Crippen LogP contribution in [0.4, 0.5) is 0 Å². The summed E-state index contributed by atoms with van der Waals surface area (Å²) in [6, 6.07) is 0. The molecule has 0 saturated carbocycles. The predicted octanol–water partition coefficient (Wildman–Crippen LogP) is 4.87. The van der Waals surface area contributed by atoms with Gasteiger partial charge in [-0.05, 0) is 35.5 Å². The summed E-state index contributed by atoms with van der Waals surface area (Å²) in [6.45, 7) is 14.7. The van der Waals surface area contributed by atoms with E-state index >= 15 is 0 Å². The zero-order valence-corrected chi connectivity index (χ0v) is 13.9. The quantitative estimate of drug-likeness (QED) is 0.641. The van der Waals surface area contributed by atoms with Crippen LogP contribution in [0.1, 0.15) is 54.4 Å². The molecule has 0 bridgehead atoms. The topological polar surface area (TPSA) is 18.5 Å². The highest BCUT2D eigenvalue weighted by Crippen LogP contribution is 2.42. The van der Waals surface area contributed by atoms with E-state index in [1.54, 1.807) is 0 Å². The third-order valence-electron chi connectivity index (χ3n) is 4.25. The van der Waals surface area contributed by atoms with Crippen LogP contribution < -0.4 is 0 Å². The molecule has 0 radical (unpaired) electrons. The summed E-state index contributed by atoms with van der Waals surface area (Å²) < 4.78 is 12.2. The Labute approximate surface area is 114 Å². The Morgan fingerprint density at radius 1 is 1.11 bits per heavy atom. The Hall–Kier alpha value is -0.283. The van der Waals surface area contributed by atoms with Gasteiger partial charge in [-0.15, -0.1) is 0 Å². The minimum Gasteiger partial charge on any atom is -0.496 e. The molecule has 0 aromatic rings. The molecule has 1 aliphatic rings. The van der Waals surface area contributed by atoms with E-state index in [0.29, 0.717) is 16.6 Å². The van der Waals surface area contributed by atoms with Crippen LogP contribution in [0, 0.1) is 0 Å². The second kappa shape index (κ2) is 6.76. The highest BCUT2D eigenvalue weighted by molar-refractivity contribution is 6.77. The minimum absolute atomic E-state index is 0.262. The van der Waals surface area contributed by atoms with Gasteiger partial charge in [0.15, 0.2) is 0 Å². The number of allylic oxidation sites excluding steroid dienone is 1. The third kappa shape index (κ3) is 3.38. The van der Waals surface area contributed by atoms with Gasteiger partial charge in [0.25, 0.3) is 0 Å². The van der Waals surface area contributed by atoms with Crippen LogP contribution in [0.3, 0.4) is 0 Å². The first-order chi connectivity index (χ1) is 8.41. The minimum atomic E-state index is -1.72. The van der Waals surface area contributed by atoms with E-state index in [9.17, 15) is 0 Å². The summed E-state index contributed by atoms with van der Waals surface area (Å²) >= 11 is 0. The molecule has 1 heterocycles. The molecule has 0 fully saturated rings. The first kappa shape index (κ1) is 15.8. The fourth-order valence-corrected chi connectivity index (χ4v) is 8.92. The van der Waals surface area contributed by atoms with Gasteiger partial charge in [-0.25, -0.2) is 0 Å². The zero-order chi connectivity index (χ0) is 13.8. The van der Waals surface area contributed by atoms with Crippen molar-refractivity contribution in [3.8, 4) is 0 Å². The lowest BCUT2D eigenvalue weighted by molar-refractivity contribution is 0.0658. The van der Waals surface area contributed by atoms with Crippen molar-refractivity contribution < 1.29 is 9.16 Å². The lowest BCUT2D eigenvalue weighted by Gasteiger charge is -2.43. The molecule has 0 unspecified atom stereocenters. The fraction of sp³-hybridized carbons (Fsp3) is 0.867. The molecule has 0 N–H and O–H groups in total. The smallest absolute Gasteiger partial charge is 0.200 e. The molecular weight excluding hydrogens is 240 g/mol. The first-order valence-electron chi connectivity index (χ1n) is 7.35. The molecule has 0 aliphatic carbocycles. The van der Waals surface area contributed by atoms with Crippen LogP contribution in [-0.2, 0) is 9.16 Å². The average molecular weight is 270 g/mol. The second-order valence-corrected chi connectivity index (χ2v) is 11.8. The molecule has 0 amide bonds. The predicted molar refractivity (Wildman–Crippen MR) is 80.2 cm³/mol. The van der Waals surface area contributed by atoms with Gasteiger partial charge in [-0.3, -0.25) is 0 Å². The van der Waals surface area contributed by atoms with Crippen molar-refractivity contribution in [2.75, 3.05) is 6.61 Å². The Bertz CT molecular complexity index is 250. The Balaban J connectivity index is 2.69. The lowest BCUT2D eigenvalue weighted by atomic mass is 10.2. The van der Waals surface area contributed by atoms with Gasteiger partial charge in [0.2, 0.25) is 8.32 Å². The molecule has 18 heavy (non-hydrogen) atoms. The summed E-state index contributed by atoms with van der Waals surface area (Å²) in [6.07, 6.45) is 6.40. The van der Waals surface area contributed by atoms with E-state index in [2.05, 4.69) is 47.6 Å². The largest absolute Gasteiger partial charge is 0.496 e. The van der Waals surface area contributed by atoms with Crippen LogP contribution >= 0.6 is 0 Å². The molecule has 2 nitrogen and oxygen atoms in total. The van der Waals surface area contributed by atoms with Crippen molar-refractivity contribution in [2.24, 2.45) is 0 Å². The van der Waals surface area contributed by atoms with Gasteiger partial charge in [-0.2, -0.15) is 0 Å². The van der Waals surface area contributed by atoms with E-state index in [0.717, 1.165) is 19.4 Å². The molecule has 1 atom stereocenters. The maximum Gasteiger partial charge on any atom is 0.200 e. The maximum absolute atomic E-state index is 6.53. The van der Waals surface area contributed by atoms with E-state index < -0.39 is 8.32 Å². The van der Waals surface area contributed by atoms with Crippen LogP contribution in [0.25, 0.3) is 0 Å². The molecule has 0 aromatic carbocycles. The van der Waals surface area contributed by atoms with Gasteiger partial charge in [0, 0.05) is 0 Å². The Morgan fingerprint density at radius 3 is 2.06 bits per heavy atom. The van der Waals surface area contributed by atoms with Crippen molar-refractivity contribution in [3.63, 3.8) is 0 Å². The van der Waals surface area contributed by atoms with E-state index in [1.165, 1.54) is 0 Å². The van der Waals surface area contributed by atoms with Crippen LogP contribution in [-0.4, -0.2) is 21.0 Å². The molecule has 0 saturated heterocycles. The number of hydrogen-bond donors (Lipinski definition) is 0. The number of ether oxygens (including phenoxy) is 1. The lowest BCUT2D eigenvalue weighted by Crippen LogP contribution is -2.49. The maximum atomic E-state index is 6.53. The highest BCUT2D eigenvalue weighted by atomic mass is 28.4. The standard InChI is InChI=1S/C15H30O2Si/c1-12(2)18(13(3)4,14(5)6)17-11-15-9-7-8-10-16-15/h8,10,12-15H,7,9,11H2,1-6H3/t15-/m0/s1. The van der Waals surface area contributed by atoms with Gasteiger partial charge in [-0.1, -0.05) is 41.5 Å². The molecule has 1 rings (SSSR count). The van der Waals surface area contributed by atoms with E-state index in [1.807, 2.05) is 6.26 Å². The van der Waals surface area contributed by atoms with Crippen molar-refractivity contribution >= 4 is 8.32 Å². The average Bonchev–Trinajstić information content (AvgIpc) is 2.29. The SMILES string of the molecule is CC(C)[Si](OC[C@@H]1CCC=CO1)(C(C)C)C(C)C. The van der Waals surface area contributed by atoms with Crippen molar-refractivity contribution in [1.29, 1.82) is 0 Å². The Morgan fingerprint density at radius 2 is 1.67 bits per heavy atom. The summed E-state index contributed by atoms with van der Waals surface area (Å²) in [7, 11) is -1.72. The summed E-state index contributed by atoms with van der Waals surface area (Å²) in [5, 5.41) is 0. The first-order valence-corrected chi connectivity index (χ1v) is 9.49. The van der Waals surface area contributed by atoms with Crippen LogP contribution in [0.2, 0.25) is 16.6 Å². The number of rotatable bonds is 6. The van der Waals surface area contributed by atoms with Gasteiger partial charge < -0.3 is 9.16 Å². The molecule has 0 aromatic heterocycles. The molecule has 3 heteroatoms.